The number of hydrogen-bond acceptors (Lipinski definition) is 4. The van der Waals surface area contributed by atoms with Gasteiger partial charge in [0.1, 0.15) is 11.6 Å². The van der Waals surface area contributed by atoms with Crippen molar-refractivity contribution >= 4 is 17.5 Å². The predicted molar refractivity (Wildman–Crippen MR) is 70.6 cm³/mol. The van der Waals surface area contributed by atoms with Gasteiger partial charge >= 0.3 is 0 Å². The molecule has 0 saturated carbocycles. The molecule has 1 aromatic heterocycles. The summed E-state index contributed by atoms with van der Waals surface area (Å²) in [6.07, 6.45) is 1.65. The van der Waals surface area contributed by atoms with Crippen LogP contribution in [-0.2, 0) is 0 Å². The first-order valence-electron chi connectivity index (χ1n) is 5.79. The van der Waals surface area contributed by atoms with E-state index in [1.54, 1.807) is 25.3 Å². The lowest BCUT2D eigenvalue weighted by atomic mass is 10.2. The summed E-state index contributed by atoms with van der Waals surface area (Å²) in [5.74, 6) is 0.945. The second-order valence-electron chi connectivity index (χ2n) is 3.88. The van der Waals surface area contributed by atoms with Crippen molar-refractivity contribution in [3.05, 3.63) is 41.8 Å². The van der Waals surface area contributed by atoms with Crippen LogP contribution < -0.4 is 10.6 Å². The molecule has 0 atom stereocenters. The molecule has 0 saturated heterocycles. The van der Waals surface area contributed by atoms with Gasteiger partial charge in [-0.2, -0.15) is 4.98 Å². The standard InChI is InChI=1S/C13H15FN4/c1-3-15-13-16-7-6-12(18-13)17-10-5-4-9(2)11(14)8-10/h4-8H,3H2,1-2H3,(H2,15,16,17,18). The molecule has 0 bridgehead atoms. The molecular weight excluding hydrogens is 231 g/mol. The predicted octanol–water partition coefficient (Wildman–Crippen LogP) is 3.10. The Balaban J connectivity index is 2.17. The highest BCUT2D eigenvalue weighted by Crippen LogP contribution is 2.18. The number of aryl methyl sites for hydroxylation is 1. The van der Waals surface area contributed by atoms with Gasteiger partial charge in [0.05, 0.1) is 0 Å². The van der Waals surface area contributed by atoms with Crippen LogP contribution in [0.3, 0.4) is 0 Å². The fraction of sp³-hybridized carbons (Fsp3) is 0.231. The van der Waals surface area contributed by atoms with Crippen molar-refractivity contribution in [2.45, 2.75) is 13.8 Å². The topological polar surface area (TPSA) is 49.8 Å². The summed E-state index contributed by atoms with van der Waals surface area (Å²) >= 11 is 0. The van der Waals surface area contributed by atoms with E-state index in [0.29, 0.717) is 23.0 Å². The molecule has 0 radical (unpaired) electrons. The summed E-state index contributed by atoms with van der Waals surface area (Å²) in [5.41, 5.74) is 1.29. The number of rotatable bonds is 4. The molecule has 0 aliphatic rings. The summed E-state index contributed by atoms with van der Waals surface area (Å²) < 4.78 is 13.4. The van der Waals surface area contributed by atoms with Crippen LogP contribution in [0.2, 0.25) is 0 Å². The molecule has 5 heteroatoms. The maximum atomic E-state index is 13.4. The molecule has 2 aromatic rings. The highest BCUT2D eigenvalue weighted by atomic mass is 19.1. The smallest absolute Gasteiger partial charge is 0.224 e. The molecule has 0 spiro atoms. The molecule has 0 aliphatic heterocycles. The Morgan fingerprint density at radius 3 is 2.83 bits per heavy atom. The summed E-state index contributed by atoms with van der Waals surface area (Å²) in [6, 6.07) is 6.72. The molecule has 0 amide bonds. The first kappa shape index (κ1) is 12.3. The highest BCUT2D eigenvalue weighted by molar-refractivity contribution is 5.57. The molecule has 4 nitrogen and oxygen atoms in total. The minimum absolute atomic E-state index is 0.235. The van der Waals surface area contributed by atoms with Crippen molar-refractivity contribution in [1.82, 2.24) is 9.97 Å². The summed E-state index contributed by atoms with van der Waals surface area (Å²) in [6.45, 7) is 4.45. The van der Waals surface area contributed by atoms with Gasteiger partial charge in [0.25, 0.3) is 0 Å². The number of anilines is 3. The van der Waals surface area contributed by atoms with Crippen LogP contribution in [-0.4, -0.2) is 16.5 Å². The van der Waals surface area contributed by atoms with Gasteiger partial charge in [0, 0.05) is 18.4 Å². The molecule has 0 fully saturated rings. The fourth-order valence-corrected chi connectivity index (χ4v) is 1.49. The van der Waals surface area contributed by atoms with E-state index in [9.17, 15) is 4.39 Å². The van der Waals surface area contributed by atoms with Crippen molar-refractivity contribution in [2.75, 3.05) is 17.2 Å². The molecule has 0 unspecified atom stereocenters. The Labute approximate surface area is 105 Å². The Morgan fingerprint density at radius 2 is 2.11 bits per heavy atom. The van der Waals surface area contributed by atoms with Crippen LogP contribution >= 0.6 is 0 Å². The maximum absolute atomic E-state index is 13.4. The van der Waals surface area contributed by atoms with Gasteiger partial charge in [0.15, 0.2) is 0 Å². The van der Waals surface area contributed by atoms with Crippen LogP contribution in [0.15, 0.2) is 30.5 Å². The van der Waals surface area contributed by atoms with Crippen molar-refractivity contribution < 1.29 is 4.39 Å². The molecule has 2 rings (SSSR count). The zero-order valence-corrected chi connectivity index (χ0v) is 10.4. The molecule has 94 valence electrons. The quantitative estimate of drug-likeness (QED) is 0.870. The van der Waals surface area contributed by atoms with Crippen molar-refractivity contribution in [3.63, 3.8) is 0 Å². The maximum Gasteiger partial charge on any atom is 0.224 e. The fourth-order valence-electron chi connectivity index (χ4n) is 1.49. The molecule has 2 N–H and O–H groups in total. The van der Waals surface area contributed by atoms with Crippen LogP contribution in [0.4, 0.5) is 21.8 Å². The lowest BCUT2D eigenvalue weighted by Crippen LogP contribution is -2.03. The van der Waals surface area contributed by atoms with Gasteiger partial charge < -0.3 is 10.6 Å². The van der Waals surface area contributed by atoms with Crippen molar-refractivity contribution in [3.8, 4) is 0 Å². The number of hydrogen-bond donors (Lipinski definition) is 2. The minimum atomic E-state index is -0.235. The van der Waals surface area contributed by atoms with E-state index < -0.39 is 0 Å². The third-order valence-electron chi connectivity index (χ3n) is 2.43. The molecular formula is C13H15FN4. The van der Waals surface area contributed by atoms with E-state index in [4.69, 9.17) is 0 Å². The number of nitrogens with one attached hydrogen (secondary N) is 2. The molecule has 18 heavy (non-hydrogen) atoms. The third-order valence-corrected chi connectivity index (χ3v) is 2.43. The van der Waals surface area contributed by atoms with Gasteiger partial charge in [0.2, 0.25) is 5.95 Å². The van der Waals surface area contributed by atoms with Crippen LogP contribution in [0, 0.1) is 12.7 Å². The van der Waals surface area contributed by atoms with Crippen LogP contribution in [0.25, 0.3) is 0 Å². The number of aromatic nitrogens is 2. The average Bonchev–Trinajstić information content (AvgIpc) is 2.35. The van der Waals surface area contributed by atoms with Crippen molar-refractivity contribution in [1.29, 1.82) is 0 Å². The molecule has 1 heterocycles. The van der Waals surface area contributed by atoms with Crippen LogP contribution in [0.1, 0.15) is 12.5 Å². The third kappa shape index (κ3) is 2.94. The van der Waals surface area contributed by atoms with Crippen LogP contribution in [0.5, 0.6) is 0 Å². The second kappa shape index (κ2) is 5.44. The monoisotopic (exact) mass is 246 g/mol. The van der Waals surface area contributed by atoms with E-state index in [-0.39, 0.29) is 5.82 Å². The van der Waals surface area contributed by atoms with Gasteiger partial charge in [-0.3, -0.25) is 0 Å². The summed E-state index contributed by atoms with van der Waals surface area (Å²) in [5, 5.41) is 6.06. The SMILES string of the molecule is CCNc1nccc(Nc2ccc(C)c(F)c2)n1. The Hall–Kier alpha value is -2.17. The minimum Gasteiger partial charge on any atom is -0.354 e. The van der Waals surface area contributed by atoms with E-state index in [1.807, 2.05) is 13.0 Å². The zero-order valence-electron chi connectivity index (χ0n) is 10.4. The molecule has 1 aromatic carbocycles. The molecule has 0 aliphatic carbocycles. The van der Waals surface area contributed by atoms with E-state index in [1.165, 1.54) is 6.07 Å². The largest absolute Gasteiger partial charge is 0.354 e. The van der Waals surface area contributed by atoms with E-state index in [0.717, 1.165) is 6.54 Å². The normalized spacial score (nSPS) is 10.2. The van der Waals surface area contributed by atoms with Gasteiger partial charge in [-0.15, -0.1) is 0 Å². The summed E-state index contributed by atoms with van der Waals surface area (Å²) in [4.78, 5) is 8.32. The Bertz CT molecular complexity index is 542. The average molecular weight is 246 g/mol. The second-order valence-corrected chi connectivity index (χ2v) is 3.88. The Morgan fingerprint density at radius 1 is 1.28 bits per heavy atom. The lowest BCUT2D eigenvalue weighted by Gasteiger charge is -2.08. The van der Waals surface area contributed by atoms with Gasteiger partial charge in [-0.05, 0) is 37.6 Å². The first-order chi connectivity index (χ1) is 8.69. The summed E-state index contributed by atoms with van der Waals surface area (Å²) in [7, 11) is 0. The van der Waals surface area contributed by atoms with E-state index in [2.05, 4.69) is 20.6 Å². The number of benzene rings is 1. The number of halogens is 1. The highest BCUT2D eigenvalue weighted by Gasteiger charge is 2.02. The Kier molecular flexibility index (Phi) is 3.72. The van der Waals surface area contributed by atoms with Gasteiger partial charge in [-0.1, -0.05) is 6.07 Å². The van der Waals surface area contributed by atoms with Crippen molar-refractivity contribution in [2.24, 2.45) is 0 Å². The van der Waals surface area contributed by atoms with E-state index >= 15 is 0 Å². The zero-order chi connectivity index (χ0) is 13.0. The first-order valence-corrected chi connectivity index (χ1v) is 5.79. The number of nitrogens with zero attached hydrogens (tertiary/aromatic N) is 2. The lowest BCUT2D eigenvalue weighted by molar-refractivity contribution is 0.619. The van der Waals surface area contributed by atoms with Gasteiger partial charge in [-0.25, -0.2) is 9.37 Å².